The Morgan fingerprint density at radius 1 is 1.00 bits per heavy atom. The van der Waals surface area contributed by atoms with Gasteiger partial charge in [0.1, 0.15) is 0 Å². The lowest BCUT2D eigenvalue weighted by atomic mass is 10.0. The molecule has 2 aromatic carbocycles. The number of sulfonamides is 1. The Hall–Kier alpha value is -4.58. The number of rotatable bonds is 6. The fraction of sp³-hybridized carbons (Fsp3) is 0.192. The number of nitrogens with one attached hydrogen (secondary N) is 3. The molecular weight excluding hydrogens is 508 g/mol. The van der Waals surface area contributed by atoms with Crippen LogP contribution in [0, 0.1) is 0 Å². The van der Waals surface area contributed by atoms with Crippen molar-refractivity contribution in [2.24, 2.45) is 4.99 Å². The average molecular weight is 535 g/mol. The van der Waals surface area contributed by atoms with Crippen molar-refractivity contribution in [2.75, 3.05) is 17.3 Å². The van der Waals surface area contributed by atoms with Crippen molar-refractivity contribution in [1.82, 2.24) is 15.0 Å². The fourth-order valence-corrected chi connectivity index (χ4v) is 4.30. The molecule has 0 bridgehead atoms. The molecule has 0 saturated carbocycles. The Bertz CT molecular complexity index is 1520. The second-order valence-corrected chi connectivity index (χ2v) is 11.0. The molecule has 3 aromatic rings. The first-order valence-corrected chi connectivity index (χ1v) is 13.2. The number of hydrogen-bond acceptors (Lipinski definition) is 7. The summed E-state index contributed by atoms with van der Waals surface area (Å²) in [5.74, 6) is -1.28. The van der Waals surface area contributed by atoms with Gasteiger partial charge in [-0.3, -0.25) is 14.6 Å². The Morgan fingerprint density at radius 3 is 2.42 bits per heavy atom. The molecule has 0 fully saturated rings. The van der Waals surface area contributed by atoms with Gasteiger partial charge < -0.3 is 15.5 Å². The predicted octanol–water partition coefficient (Wildman–Crippen LogP) is 2.51. The summed E-state index contributed by atoms with van der Waals surface area (Å²) in [6.45, 7) is 2.90. The summed E-state index contributed by atoms with van der Waals surface area (Å²) in [7, 11) is -2.22. The quantitative estimate of drug-likeness (QED) is 0.442. The first-order chi connectivity index (χ1) is 18.1. The molecule has 2 heterocycles. The third kappa shape index (κ3) is 5.70. The molecule has 4 amide bonds. The molecule has 11 nitrogen and oxygen atoms in total. The third-order valence-electron chi connectivity index (χ3n) is 5.80. The largest absolute Gasteiger partial charge is 0.321 e. The first-order valence-electron chi connectivity index (χ1n) is 11.7. The van der Waals surface area contributed by atoms with E-state index in [1.807, 2.05) is 22.9 Å². The second kappa shape index (κ2) is 10.8. The van der Waals surface area contributed by atoms with E-state index in [1.165, 1.54) is 43.0 Å². The Morgan fingerprint density at radius 2 is 1.71 bits per heavy atom. The standard InChI is InChI=1S/C26H26N6O5S/c1-16(2)38(36,37)31-24(33)18-7-6-8-19(15-18)28-26(35)30-23-25(34)32(3)21-10-5-4-9-20(21)22(29-23)17-11-13-27-14-12-17/h4-16,23H,1-3H3,(H,31,33)(H2,28,30,35). The molecule has 1 aromatic heterocycles. The van der Waals surface area contributed by atoms with E-state index in [-0.39, 0.29) is 11.3 Å². The number of carbonyl (C=O) groups excluding carboxylic acids is 3. The molecule has 12 heteroatoms. The van der Waals surface area contributed by atoms with Gasteiger partial charge >= 0.3 is 6.03 Å². The van der Waals surface area contributed by atoms with Gasteiger partial charge in [0.2, 0.25) is 16.2 Å². The molecule has 38 heavy (non-hydrogen) atoms. The minimum absolute atomic E-state index is 0.0331. The lowest BCUT2D eigenvalue weighted by Gasteiger charge is -2.21. The third-order valence-corrected chi connectivity index (χ3v) is 7.51. The monoisotopic (exact) mass is 534 g/mol. The molecule has 1 unspecified atom stereocenters. The number of para-hydroxylation sites is 1. The van der Waals surface area contributed by atoms with Crippen LogP contribution in [0.5, 0.6) is 0 Å². The van der Waals surface area contributed by atoms with Crippen molar-refractivity contribution in [3.05, 3.63) is 89.7 Å². The number of amides is 4. The summed E-state index contributed by atoms with van der Waals surface area (Å²) < 4.78 is 26.1. The van der Waals surface area contributed by atoms with Crippen LogP contribution in [0.2, 0.25) is 0 Å². The zero-order chi connectivity index (χ0) is 27.4. The smallest absolute Gasteiger partial charge is 0.311 e. The molecule has 3 N–H and O–H groups in total. The van der Waals surface area contributed by atoms with E-state index in [0.29, 0.717) is 17.0 Å². The molecule has 4 rings (SSSR count). The summed E-state index contributed by atoms with van der Waals surface area (Å²) in [5.41, 5.74) is 2.83. The van der Waals surface area contributed by atoms with E-state index in [4.69, 9.17) is 0 Å². The van der Waals surface area contributed by atoms with Crippen LogP contribution in [-0.2, 0) is 14.8 Å². The van der Waals surface area contributed by atoms with E-state index in [0.717, 1.165) is 5.56 Å². The Balaban J connectivity index is 1.57. The molecular formula is C26H26N6O5S. The summed E-state index contributed by atoms with van der Waals surface area (Å²) in [6, 6.07) is 15.8. The zero-order valence-electron chi connectivity index (χ0n) is 20.9. The number of fused-ring (bicyclic) bond motifs is 1. The highest BCUT2D eigenvalue weighted by atomic mass is 32.2. The van der Waals surface area contributed by atoms with Crippen molar-refractivity contribution in [2.45, 2.75) is 25.3 Å². The van der Waals surface area contributed by atoms with Crippen molar-refractivity contribution >= 4 is 45.0 Å². The van der Waals surface area contributed by atoms with E-state index < -0.39 is 39.3 Å². The van der Waals surface area contributed by atoms with Gasteiger partial charge in [-0.15, -0.1) is 0 Å². The van der Waals surface area contributed by atoms with Gasteiger partial charge in [-0.25, -0.2) is 22.9 Å². The van der Waals surface area contributed by atoms with E-state index >= 15 is 0 Å². The molecule has 196 valence electrons. The van der Waals surface area contributed by atoms with E-state index in [2.05, 4.69) is 20.6 Å². The van der Waals surface area contributed by atoms with Gasteiger partial charge in [-0.2, -0.15) is 0 Å². The van der Waals surface area contributed by atoms with Crippen molar-refractivity contribution in [3.8, 4) is 0 Å². The van der Waals surface area contributed by atoms with Crippen molar-refractivity contribution in [3.63, 3.8) is 0 Å². The van der Waals surface area contributed by atoms with Crippen LogP contribution in [0.25, 0.3) is 0 Å². The summed E-state index contributed by atoms with van der Waals surface area (Å²) >= 11 is 0. The lowest BCUT2D eigenvalue weighted by Crippen LogP contribution is -2.47. The normalized spacial score (nSPS) is 15.3. The molecule has 1 aliphatic heterocycles. The number of aromatic nitrogens is 1. The molecule has 0 saturated heterocycles. The maximum atomic E-state index is 13.3. The highest BCUT2D eigenvalue weighted by Crippen LogP contribution is 2.27. The first kappa shape index (κ1) is 26.5. The van der Waals surface area contributed by atoms with Gasteiger partial charge in [-0.1, -0.05) is 24.3 Å². The zero-order valence-corrected chi connectivity index (χ0v) is 21.7. The summed E-state index contributed by atoms with van der Waals surface area (Å²) in [6.07, 6.45) is 1.97. The number of aliphatic imine (C=N–C) groups is 1. The van der Waals surface area contributed by atoms with Gasteiger partial charge in [0.15, 0.2) is 0 Å². The fourth-order valence-electron chi connectivity index (χ4n) is 3.69. The average Bonchev–Trinajstić information content (AvgIpc) is 2.99. The van der Waals surface area contributed by atoms with Crippen LogP contribution in [0.3, 0.4) is 0 Å². The van der Waals surface area contributed by atoms with Crippen LogP contribution in [0.1, 0.15) is 35.3 Å². The number of nitrogens with zero attached hydrogens (tertiary/aromatic N) is 3. The Kier molecular flexibility index (Phi) is 7.53. The van der Waals surface area contributed by atoms with Gasteiger partial charge in [0.25, 0.3) is 11.8 Å². The number of anilines is 2. The van der Waals surface area contributed by atoms with E-state index in [1.54, 1.807) is 37.6 Å². The number of benzene rings is 2. The second-order valence-electron chi connectivity index (χ2n) is 8.73. The lowest BCUT2D eigenvalue weighted by molar-refractivity contribution is -0.119. The van der Waals surface area contributed by atoms with Gasteiger partial charge in [0, 0.05) is 41.8 Å². The number of likely N-dealkylation sites (N-methyl/N-ethyl adjacent to an activating group) is 1. The van der Waals surface area contributed by atoms with Crippen molar-refractivity contribution < 1.29 is 22.8 Å². The number of pyridine rings is 1. The van der Waals surface area contributed by atoms with Crippen LogP contribution in [0.15, 0.2) is 78.0 Å². The predicted molar refractivity (Wildman–Crippen MR) is 144 cm³/mol. The minimum Gasteiger partial charge on any atom is -0.311 e. The number of benzodiazepines with no additional fused rings is 1. The highest BCUT2D eigenvalue weighted by Gasteiger charge is 2.31. The number of carbonyl (C=O) groups is 3. The summed E-state index contributed by atoms with van der Waals surface area (Å²) in [4.78, 5) is 48.6. The van der Waals surface area contributed by atoms with Crippen LogP contribution in [-0.4, -0.2) is 55.4 Å². The minimum atomic E-state index is -3.83. The van der Waals surface area contributed by atoms with Gasteiger partial charge in [-0.05, 0) is 50.2 Å². The number of urea groups is 1. The maximum Gasteiger partial charge on any atom is 0.321 e. The topological polar surface area (TPSA) is 150 Å². The molecule has 1 aliphatic rings. The molecule has 1 atom stereocenters. The van der Waals surface area contributed by atoms with Crippen LogP contribution in [0.4, 0.5) is 16.2 Å². The summed E-state index contributed by atoms with van der Waals surface area (Å²) in [5, 5.41) is 4.36. The van der Waals surface area contributed by atoms with Crippen LogP contribution < -0.4 is 20.3 Å². The van der Waals surface area contributed by atoms with Gasteiger partial charge in [0.05, 0.1) is 16.6 Å². The molecule has 0 spiro atoms. The van der Waals surface area contributed by atoms with E-state index in [9.17, 15) is 22.8 Å². The van der Waals surface area contributed by atoms with Crippen LogP contribution >= 0.6 is 0 Å². The SMILES string of the molecule is CC(C)S(=O)(=O)NC(=O)c1cccc(NC(=O)NC2N=C(c3ccncc3)c3ccccc3N(C)C2=O)c1. The Labute approximate surface area is 220 Å². The molecule has 0 radical (unpaired) electrons. The molecule has 0 aliphatic carbocycles. The number of hydrogen-bond donors (Lipinski definition) is 3. The van der Waals surface area contributed by atoms with Crippen molar-refractivity contribution in [1.29, 1.82) is 0 Å². The highest BCUT2D eigenvalue weighted by molar-refractivity contribution is 7.90. The maximum absolute atomic E-state index is 13.3.